The van der Waals surface area contributed by atoms with E-state index in [1.807, 2.05) is 35.0 Å². The van der Waals surface area contributed by atoms with Crippen molar-refractivity contribution in [1.29, 1.82) is 0 Å². The lowest BCUT2D eigenvalue weighted by atomic mass is 9.93. The number of H-pyrrole nitrogens is 1. The molecule has 5 nitrogen and oxygen atoms in total. The highest BCUT2D eigenvalue weighted by Gasteiger charge is 2.25. The zero-order valence-corrected chi connectivity index (χ0v) is 11.9. The van der Waals surface area contributed by atoms with Crippen molar-refractivity contribution in [3.05, 3.63) is 58.0 Å². The smallest absolute Gasteiger partial charge is 0.194 e. The van der Waals surface area contributed by atoms with Crippen LogP contribution in [0.1, 0.15) is 28.9 Å². The highest BCUT2D eigenvalue weighted by Crippen LogP contribution is 2.29. The van der Waals surface area contributed by atoms with Crippen molar-refractivity contribution in [3.8, 4) is 5.69 Å². The molecule has 0 saturated heterocycles. The van der Waals surface area contributed by atoms with Crippen molar-refractivity contribution in [3.63, 3.8) is 0 Å². The number of nitrogens with one attached hydrogen (secondary N) is 1. The van der Waals surface area contributed by atoms with Crippen LogP contribution in [0.3, 0.4) is 0 Å². The van der Waals surface area contributed by atoms with E-state index in [1.165, 1.54) is 6.07 Å². The number of hydrogen-bond donors (Lipinski definition) is 2. The number of aromatic nitrogens is 2. The van der Waals surface area contributed by atoms with Gasteiger partial charge in [-0.1, -0.05) is 18.2 Å². The van der Waals surface area contributed by atoms with Crippen LogP contribution in [0.4, 0.5) is 5.82 Å². The van der Waals surface area contributed by atoms with E-state index in [4.69, 9.17) is 5.73 Å². The Labute approximate surface area is 126 Å². The molecule has 5 heteroatoms. The predicted octanol–water partition coefficient (Wildman–Crippen LogP) is 2.42. The molecule has 3 N–H and O–H groups in total. The Morgan fingerprint density at radius 2 is 1.95 bits per heavy atom. The maximum atomic E-state index is 12.2. The first-order valence-electron chi connectivity index (χ1n) is 7.31. The summed E-state index contributed by atoms with van der Waals surface area (Å²) >= 11 is 0. The van der Waals surface area contributed by atoms with E-state index in [-0.39, 0.29) is 11.2 Å². The Morgan fingerprint density at radius 1 is 1.14 bits per heavy atom. The molecule has 0 unspecified atom stereocenters. The molecule has 0 atom stereocenters. The Morgan fingerprint density at radius 3 is 2.82 bits per heavy atom. The fourth-order valence-electron chi connectivity index (χ4n) is 3.28. The molecule has 1 aromatic carbocycles. The van der Waals surface area contributed by atoms with E-state index in [0.29, 0.717) is 24.2 Å². The first-order valence-corrected chi connectivity index (χ1v) is 7.31. The molecule has 110 valence electrons. The van der Waals surface area contributed by atoms with Gasteiger partial charge < -0.3 is 10.7 Å². The van der Waals surface area contributed by atoms with Crippen LogP contribution in [0.5, 0.6) is 0 Å². The average Bonchev–Trinajstić information content (AvgIpc) is 2.91. The Hall–Kier alpha value is -2.82. The number of fused-ring (bicyclic) bond motifs is 2. The fraction of sp³-hybridized carbons (Fsp3) is 0.176. The van der Waals surface area contributed by atoms with Gasteiger partial charge in [0, 0.05) is 35.3 Å². The fourth-order valence-corrected chi connectivity index (χ4v) is 3.28. The molecule has 3 aromatic rings. The van der Waals surface area contributed by atoms with Crippen LogP contribution in [-0.2, 0) is 6.42 Å². The van der Waals surface area contributed by atoms with Crippen LogP contribution >= 0.6 is 0 Å². The van der Waals surface area contributed by atoms with Crippen molar-refractivity contribution in [1.82, 2.24) is 9.55 Å². The number of ketones is 1. The zero-order valence-electron chi connectivity index (χ0n) is 11.9. The third-order valence-electron chi connectivity index (χ3n) is 4.25. The second-order valence-electron chi connectivity index (χ2n) is 5.59. The van der Waals surface area contributed by atoms with Gasteiger partial charge in [0.1, 0.15) is 5.82 Å². The summed E-state index contributed by atoms with van der Waals surface area (Å²) in [5.74, 6) is 0.281. The second-order valence-corrected chi connectivity index (χ2v) is 5.59. The summed E-state index contributed by atoms with van der Waals surface area (Å²) in [6.07, 6.45) is 3.73. The molecule has 0 aliphatic heterocycles. The van der Waals surface area contributed by atoms with Crippen LogP contribution in [0.25, 0.3) is 16.6 Å². The summed E-state index contributed by atoms with van der Waals surface area (Å²) in [5.41, 5.74) is 8.73. The van der Waals surface area contributed by atoms with E-state index in [1.54, 1.807) is 0 Å². The molecule has 0 amide bonds. The second kappa shape index (κ2) is 4.59. The number of anilines is 1. The highest BCUT2D eigenvalue weighted by molar-refractivity contribution is 5.99. The third-order valence-corrected chi connectivity index (χ3v) is 4.25. The lowest BCUT2D eigenvalue weighted by Gasteiger charge is -2.21. The summed E-state index contributed by atoms with van der Waals surface area (Å²) in [5, 5.41) is 1.01. The van der Waals surface area contributed by atoms with Crippen molar-refractivity contribution >= 4 is 22.5 Å². The van der Waals surface area contributed by atoms with Gasteiger partial charge in [0.25, 0.3) is 0 Å². The molecular formula is C17H15N3O2. The topological polar surface area (TPSA) is 80.9 Å². The van der Waals surface area contributed by atoms with Gasteiger partial charge in [-0.25, -0.2) is 0 Å². The summed E-state index contributed by atoms with van der Waals surface area (Å²) in [6, 6.07) is 9.24. The minimum Gasteiger partial charge on any atom is -0.385 e. The van der Waals surface area contributed by atoms with Crippen LogP contribution in [0.2, 0.25) is 0 Å². The molecule has 2 heterocycles. The lowest BCUT2D eigenvalue weighted by Crippen LogP contribution is -2.27. The SMILES string of the molecule is Nc1cc(=O)c2c(n1-c1c[nH]c3ccccc13)CCCC2=O. The maximum Gasteiger partial charge on any atom is 0.194 e. The molecular weight excluding hydrogens is 278 g/mol. The standard InChI is InChI=1S/C17H15N3O2/c18-16-8-15(22)17-12(6-3-7-14(17)21)20(16)13-9-19-11-5-2-1-4-10(11)13/h1-2,4-5,8-9,19H,3,6-7,18H2. The van der Waals surface area contributed by atoms with E-state index in [0.717, 1.165) is 28.7 Å². The van der Waals surface area contributed by atoms with Gasteiger partial charge in [-0.05, 0) is 18.9 Å². The summed E-state index contributed by atoms with van der Waals surface area (Å²) in [6.45, 7) is 0. The largest absolute Gasteiger partial charge is 0.385 e. The van der Waals surface area contributed by atoms with Gasteiger partial charge in [-0.2, -0.15) is 0 Å². The quantitative estimate of drug-likeness (QED) is 0.723. The molecule has 0 saturated carbocycles. The first kappa shape index (κ1) is 12.9. The number of rotatable bonds is 1. The average molecular weight is 293 g/mol. The number of pyridine rings is 1. The number of benzene rings is 1. The van der Waals surface area contributed by atoms with Crippen LogP contribution in [0.15, 0.2) is 41.3 Å². The molecule has 22 heavy (non-hydrogen) atoms. The number of Topliss-reactive ketones (excluding diaryl/α,β-unsaturated/α-hetero) is 1. The summed E-state index contributed by atoms with van der Waals surface area (Å²) < 4.78 is 1.84. The number of para-hydroxylation sites is 1. The van der Waals surface area contributed by atoms with Gasteiger partial charge in [-0.3, -0.25) is 14.2 Å². The van der Waals surface area contributed by atoms with Crippen molar-refractivity contribution in [2.24, 2.45) is 0 Å². The van der Waals surface area contributed by atoms with Crippen LogP contribution < -0.4 is 11.2 Å². The number of nitrogen functional groups attached to an aromatic ring is 1. The number of nitrogens with zero attached hydrogens (tertiary/aromatic N) is 1. The number of carbonyl (C=O) groups excluding carboxylic acids is 1. The molecule has 0 spiro atoms. The summed E-state index contributed by atoms with van der Waals surface area (Å²) in [7, 11) is 0. The van der Waals surface area contributed by atoms with E-state index in [9.17, 15) is 9.59 Å². The maximum absolute atomic E-state index is 12.2. The summed E-state index contributed by atoms with van der Waals surface area (Å²) in [4.78, 5) is 27.5. The molecule has 0 radical (unpaired) electrons. The molecule has 0 fully saturated rings. The number of aromatic amines is 1. The minimum atomic E-state index is -0.270. The molecule has 1 aliphatic carbocycles. The van der Waals surface area contributed by atoms with Gasteiger partial charge in [0.05, 0.1) is 11.3 Å². The first-order chi connectivity index (χ1) is 10.7. The van der Waals surface area contributed by atoms with Gasteiger partial charge in [0.2, 0.25) is 0 Å². The Bertz CT molecular complexity index is 966. The molecule has 2 aromatic heterocycles. The van der Waals surface area contributed by atoms with E-state index >= 15 is 0 Å². The molecule has 1 aliphatic rings. The molecule has 0 bridgehead atoms. The highest BCUT2D eigenvalue weighted by atomic mass is 16.1. The van der Waals surface area contributed by atoms with Crippen molar-refractivity contribution < 1.29 is 4.79 Å². The number of nitrogens with two attached hydrogens (primary N) is 1. The normalized spacial score (nSPS) is 14.3. The van der Waals surface area contributed by atoms with Crippen LogP contribution in [-0.4, -0.2) is 15.3 Å². The molecule has 4 rings (SSSR count). The van der Waals surface area contributed by atoms with Gasteiger partial charge in [-0.15, -0.1) is 0 Å². The predicted molar refractivity (Wildman–Crippen MR) is 85.6 cm³/mol. The third kappa shape index (κ3) is 1.72. The van der Waals surface area contributed by atoms with E-state index < -0.39 is 0 Å². The van der Waals surface area contributed by atoms with Crippen LogP contribution in [0, 0.1) is 0 Å². The van der Waals surface area contributed by atoms with Crippen molar-refractivity contribution in [2.75, 3.05) is 5.73 Å². The van der Waals surface area contributed by atoms with Crippen molar-refractivity contribution in [2.45, 2.75) is 19.3 Å². The Balaban J connectivity index is 2.09. The van der Waals surface area contributed by atoms with E-state index in [2.05, 4.69) is 4.98 Å². The van der Waals surface area contributed by atoms with Gasteiger partial charge >= 0.3 is 0 Å². The number of hydrogen-bond acceptors (Lipinski definition) is 3. The monoisotopic (exact) mass is 293 g/mol. The van der Waals surface area contributed by atoms with Gasteiger partial charge in [0.15, 0.2) is 11.2 Å². The number of carbonyl (C=O) groups is 1. The zero-order chi connectivity index (χ0) is 15.3. The Kier molecular flexibility index (Phi) is 2.69. The lowest BCUT2D eigenvalue weighted by molar-refractivity contribution is 0.0970. The minimum absolute atomic E-state index is 0.0835.